The molecule has 1 aliphatic rings. The Kier molecular flexibility index (Phi) is 5.44. The van der Waals surface area contributed by atoms with E-state index in [0.717, 1.165) is 18.4 Å². The molecule has 9 heteroatoms. The maximum atomic E-state index is 12.8. The van der Waals surface area contributed by atoms with Crippen LogP contribution < -0.4 is 16.8 Å². The quantitative estimate of drug-likeness (QED) is 0.314. The molecule has 1 aromatic carbocycles. The van der Waals surface area contributed by atoms with Crippen molar-refractivity contribution in [3.05, 3.63) is 65.6 Å². The molecule has 0 fully saturated rings. The van der Waals surface area contributed by atoms with Gasteiger partial charge in [0.15, 0.2) is 5.84 Å². The van der Waals surface area contributed by atoms with E-state index >= 15 is 0 Å². The van der Waals surface area contributed by atoms with Gasteiger partial charge >= 0.3 is 0 Å². The van der Waals surface area contributed by atoms with Gasteiger partial charge in [0.2, 0.25) is 5.90 Å². The monoisotopic (exact) mass is 405 g/mol. The smallest absolute Gasteiger partial charge is 0.274 e. The zero-order valence-electron chi connectivity index (χ0n) is 16.6. The largest absolute Gasteiger partial charge is 0.380 e. The molecule has 0 aliphatic carbocycles. The average molecular weight is 405 g/mol. The summed E-state index contributed by atoms with van der Waals surface area (Å²) in [6.45, 7) is 2.52. The number of nitrogens with zero attached hydrogens (tertiary/aromatic N) is 4. The SMILES string of the molecule is Cc1ccc(/C(N)=N/OC2=NC2CCCN)cc1NC(=O)c1cnc2ccccn12. The van der Waals surface area contributed by atoms with Crippen LogP contribution in [0.2, 0.25) is 0 Å². The van der Waals surface area contributed by atoms with Gasteiger partial charge in [-0.3, -0.25) is 9.20 Å². The molecule has 1 aliphatic heterocycles. The number of fused-ring (bicyclic) bond motifs is 1. The maximum absolute atomic E-state index is 12.8. The average Bonchev–Trinajstić information content (AvgIpc) is 3.37. The number of benzene rings is 1. The van der Waals surface area contributed by atoms with Crippen LogP contribution in [-0.2, 0) is 4.84 Å². The summed E-state index contributed by atoms with van der Waals surface area (Å²) in [6, 6.07) is 11.1. The lowest BCUT2D eigenvalue weighted by Gasteiger charge is -2.10. The number of oxime groups is 1. The van der Waals surface area contributed by atoms with Crippen LogP contribution in [0.25, 0.3) is 5.65 Å². The van der Waals surface area contributed by atoms with E-state index in [4.69, 9.17) is 16.3 Å². The summed E-state index contributed by atoms with van der Waals surface area (Å²) in [7, 11) is 0. The first-order valence-electron chi connectivity index (χ1n) is 9.69. The molecule has 3 heterocycles. The fourth-order valence-corrected chi connectivity index (χ4v) is 3.05. The summed E-state index contributed by atoms with van der Waals surface area (Å²) < 4.78 is 1.73. The fraction of sp³-hybridized carbons (Fsp3) is 0.238. The summed E-state index contributed by atoms with van der Waals surface area (Å²) in [5.41, 5.74) is 14.9. The predicted octanol–water partition coefficient (Wildman–Crippen LogP) is 2.05. The van der Waals surface area contributed by atoms with Gasteiger partial charge in [-0.2, -0.15) is 0 Å². The highest BCUT2D eigenvalue weighted by Crippen LogP contribution is 2.20. The van der Waals surface area contributed by atoms with Crippen LogP contribution >= 0.6 is 0 Å². The number of amidine groups is 1. The molecule has 0 radical (unpaired) electrons. The fourth-order valence-electron chi connectivity index (χ4n) is 3.05. The second-order valence-corrected chi connectivity index (χ2v) is 7.04. The van der Waals surface area contributed by atoms with Crippen LogP contribution in [0.5, 0.6) is 0 Å². The molecule has 0 bridgehead atoms. The molecule has 1 atom stereocenters. The molecule has 4 rings (SSSR count). The maximum Gasteiger partial charge on any atom is 0.274 e. The number of hydrogen-bond acceptors (Lipinski definition) is 6. The summed E-state index contributed by atoms with van der Waals surface area (Å²) >= 11 is 0. The number of hydrogen-bond donors (Lipinski definition) is 3. The molecule has 0 saturated heterocycles. The van der Waals surface area contributed by atoms with Gasteiger partial charge in [-0.25, -0.2) is 9.98 Å². The topological polar surface area (TPSA) is 132 Å². The Morgan fingerprint density at radius 3 is 3.03 bits per heavy atom. The van der Waals surface area contributed by atoms with E-state index < -0.39 is 0 Å². The van der Waals surface area contributed by atoms with E-state index in [2.05, 4.69) is 20.4 Å². The van der Waals surface area contributed by atoms with Crippen LogP contribution in [-0.4, -0.2) is 39.6 Å². The summed E-state index contributed by atoms with van der Waals surface area (Å²) in [6.07, 6.45) is 5.08. The first kappa shape index (κ1) is 19.6. The minimum atomic E-state index is -0.268. The standard InChI is InChI=1S/C21H23N7O2/c1-13-7-8-14(19(23)27-30-21-15(26-21)5-4-9-22)11-16(13)25-20(29)17-12-24-18-6-2-3-10-28(17)18/h2-3,6-8,10-12,15H,4-5,9,22H2,1H3,(H2,23,27)(H,25,29). The highest BCUT2D eigenvalue weighted by molar-refractivity contribution is 6.05. The number of aryl methyl sites for hydroxylation is 1. The van der Waals surface area contributed by atoms with Gasteiger partial charge < -0.3 is 21.6 Å². The Labute approximate surface area is 173 Å². The lowest BCUT2D eigenvalue weighted by atomic mass is 10.1. The number of pyridine rings is 1. The molecule has 30 heavy (non-hydrogen) atoms. The van der Waals surface area contributed by atoms with E-state index in [1.807, 2.05) is 37.3 Å². The first-order valence-corrected chi connectivity index (χ1v) is 9.69. The van der Waals surface area contributed by atoms with Crippen LogP contribution in [0.3, 0.4) is 0 Å². The van der Waals surface area contributed by atoms with E-state index in [9.17, 15) is 4.79 Å². The van der Waals surface area contributed by atoms with Crippen molar-refractivity contribution in [1.82, 2.24) is 9.38 Å². The Hall–Kier alpha value is -3.72. The number of carbonyl (C=O) groups excluding carboxylic acids is 1. The normalized spacial score (nSPS) is 15.7. The number of imidazole rings is 1. The zero-order chi connectivity index (χ0) is 21.1. The summed E-state index contributed by atoms with van der Waals surface area (Å²) in [4.78, 5) is 26.5. The molecule has 3 aromatic rings. The number of aromatic nitrogens is 2. The molecule has 1 unspecified atom stereocenters. The third-order valence-corrected chi connectivity index (χ3v) is 4.85. The van der Waals surface area contributed by atoms with Gasteiger partial charge in [-0.15, -0.1) is 0 Å². The molecule has 5 N–H and O–H groups in total. The van der Waals surface area contributed by atoms with E-state index in [-0.39, 0.29) is 17.8 Å². The Balaban J connectivity index is 1.46. The predicted molar refractivity (Wildman–Crippen MR) is 116 cm³/mol. The third kappa shape index (κ3) is 4.15. The Morgan fingerprint density at radius 1 is 1.33 bits per heavy atom. The van der Waals surface area contributed by atoms with Crippen molar-refractivity contribution in [3.63, 3.8) is 0 Å². The minimum Gasteiger partial charge on any atom is -0.380 e. The lowest BCUT2D eigenvalue weighted by Crippen LogP contribution is -2.18. The summed E-state index contributed by atoms with van der Waals surface area (Å²) in [5, 5.41) is 6.88. The Morgan fingerprint density at radius 2 is 2.20 bits per heavy atom. The molecular formula is C21H23N7O2. The zero-order valence-corrected chi connectivity index (χ0v) is 16.6. The van der Waals surface area contributed by atoms with Gasteiger partial charge in [-0.05, 0) is 50.1 Å². The van der Waals surface area contributed by atoms with Crippen molar-refractivity contribution in [1.29, 1.82) is 0 Å². The van der Waals surface area contributed by atoms with Crippen LogP contribution in [0.15, 0.2) is 58.9 Å². The van der Waals surface area contributed by atoms with Crippen molar-refractivity contribution in [2.24, 2.45) is 21.6 Å². The van der Waals surface area contributed by atoms with Gasteiger partial charge in [0.05, 0.1) is 6.20 Å². The number of nitrogens with one attached hydrogen (secondary N) is 1. The van der Waals surface area contributed by atoms with Gasteiger partial charge in [-0.1, -0.05) is 23.4 Å². The number of amides is 1. The number of rotatable bonds is 7. The highest BCUT2D eigenvalue weighted by Gasteiger charge is 2.30. The van der Waals surface area contributed by atoms with Gasteiger partial charge in [0, 0.05) is 17.4 Å². The number of carbonyl (C=O) groups is 1. The minimum absolute atomic E-state index is 0.0587. The molecular weight excluding hydrogens is 382 g/mol. The van der Waals surface area contributed by atoms with Gasteiger partial charge in [0.1, 0.15) is 17.4 Å². The molecule has 2 aromatic heterocycles. The number of nitrogens with two attached hydrogens (primary N) is 2. The van der Waals surface area contributed by atoms with Crippen molar-refractivity contribution in [2.45, 2.75) is 25.8 Å². The highest BCUT2D eigenvalue weighted by atomic mass is 16.6. The molecule has 9 nitrogen and oxygen atoms in total. The molecule has 0 spiro atoms. The number of aliphatic imine (C=N–C) groups is 1. The van der Waals surface area contributed by atoms with Gasteiger partial charge in [0.25, 0.3) is 5.91 Å². The lowest BCUT2D eigenvalue weighted by molar-refractivity contribution is 0.102. The van der Waals surface area contributed by atoms with E-state index in [0.29, 0.717) is 35.0 Å². The van der Waals surface area contributed by atoms with Crippen molar-refractivity contribution >= 4 is 29.0 Å². The second-order valence-electron chi connectivity index (χ2n) is 7.04. The first-order chi connectivity index (χ1) is 14.6. The van der Waals surface area contributed by atoms with E-state index in [1.54, 1.807) is 22.9 Å². The van der Waals surface area contributed by atoms with E-state index in [1.165, 1.54) is 0 Å². The Bertz CT molecular complexity index is 1150. The third-order valence-electron chi connectivity index (χ3n) is 4.85. The van der Waals surface area contributed by atoms with Crippen LogP contribution in [0.1, 0.15) is 34.5 Å². The summed E-state index contributed by atoms with van der Waals surface area (Å²) in [5.74, 6) is 0.503. The molecule has 0 saturated carbocycles. The second kappa shape index (κ2) is 8.34. The molecule has 1 amide bonds. The van der Waals surface area contributed by atoms with Crippen molar-refractivity contribution in [3.8, 4) is 0 Å². The van der Waals surface area contributed by atoms with Crippen molar-refractivity contribution in [2.75, 3.05) is 11.9 Å². The molecule has 154 valence electrons. The van der Waals surface area contributed by atoms with Crippen LogP contribution in [0.4, 0.5) is 5.69 Å². The van der Waals surface area contributed by atoms with Crippen molar-refractivity contribution < 1.29 is 9.63 Å². The number of anilines is 1. The van der Waals surface area contributed by atoms with Crippen LogP contribution in [0, 0.1) is 6.92 Å².